The molecule has 0 bridgehead atoms. The number of hydrogen-bond donors (Lipinski definition) is 0. The fourth-order valence-electron chi connectivity index (χ4n) is 5.59. The van der Waals surface area contributed by atoms with Crippen molar-refractivity contribution in [3.05, 3.63) is 96.7 Å². The summed E-state index contributed by atoms with van der Waals surface area (Å²) in [5.41, 5.74) is 3.08. The van der Waals surface area contributed by atoms with Crippen LogP contribution in [0.4, 0.5) is 0 Å². The molecule has 0 unspecified atom stereocenters. The number of methoxy groups -OCH3 is 1. The third-order valence-corrected chi connectivity index (χ3v) is 16.4. The third kappa shape index (κ3) is 28.5. The van der Waals surface area contributed by atoms with Gasteiger partial charge in [0.05, 0.1) is 12.2 Å². The Kier molecular flexibility index (Phi) is 29.0. The van der Waals surface area contributed by atoms with E-state index in [1.165, 1.54) is 6.08 Å². The fourth-order valence-corrected chi connectivity index (χ4v) is 7.71. The number of rotatable bonds is 32. The molecule has 8 nitrogen and oxygen atoms in total. The zero-order chi connectivity index (χ0) is 45.1. The largest absolute Gasteiger partial charge is 0.458 e. The highest BCUT2D eigenvalue weighted by Gasteiger charge is 2.40. The van der Waals surface area contributed by atoms with Crippen LogP contribution in [-0.2, 0) is 37.7 Å². The van der Waals surface area contributed by atoms with Gasteiger partial charge in [-0.1, -0.05) is 119 Å². The first-order valence-corrected chi connectivity index (χ1v) is 28.1. The van der Waals surface area contributed by atoms with Crippen LogP contribution in [0.15, 0.2) is 96.7 Å². The number of hydrogen-bond acceptors (Lipinski definition) is 8. The zero-order valence-corrected chi connectivity index (χ0v) is 41.7. The van der Waals surface area contributed by atoms with Gasteiger partial charge in [-0.15, -0.1) is 13.2 Å². The van der Waals surface area contributed by atoms with Crippen LogP contribution in [0.25, 0.3) is 0 Å². The summed E-state index contributed by atoms with van der Waals surface area (Å²) in [4.78, 5) is 25.3. The summed E-state index contributed by atoms with van der Waals surface area (Å²) in [6, 6.07) is 1.10. The second-order valence-electron chi connectivity index (χ2n) is 18.6. The zero-order valence-electron chi connectivity index (χ0n) is 39.7. The van der Waals surface area contributed by atoms with Crippen molar-refractivity contribution in [2.75, 3.05) is 27.3 Å². The summed E-state index contributed by atoms with van der Waals surface area (Å²) in [7, 11) is -1.59. The third-order valence-electron chi connectivity index (χ3n) is 10.2. The number of ether oxygens (including phenoxy) is 5. The number of unbranched alkanes of at least 4 members (excludes halogenated alkanes) is 1. The lowest BCUT2D eigenvalue weighted by molar-refractivity contribution is -0.144. The molecule has 0 aliphatic heterocycles. The summed E-state index contributed by atoms with van der Waals surface area (Å²) in [6.45, 7) is 37.2. The fraction of sp³-hybridized carbons (Fsp3) is 0.633. The highest BCUT2D eigenvalue weighted by molar-refractivity contribution is 6.76. The molecular formula is C49H84O8Si2. The molecule has 0 rings (SSSR count). The van der Waals surface area contributed by atoms with Gasteiger partial charge in [-0.3, -0.25) is 4.79 Å². The molecule has 5 atom stereocenters. The lowest BCUT2D eigenvalue weighted by Crippen LogP contribution is -2.47. The van der Waals surface area contributed by atoms with E-state index in [0.717, 1.165) is 55.1 Å². The second-order valence-corrected chi connectivity index (χ2v) is 28.9. The van der Waals surface area contributed by atoms with E-state index in [1.807, 2.05) is 45.1 Å². The number of allylic oxidation sites excluding steroid dienone is 9. The maximum atomic E-state index is 13.1. The second kappa shape index (κ2) is 30.3. The van der Waals surface area contributed by atoms with Crippen molar-refractivity contribution in [1.29, 1.82) is 0 Å². The smallest absolute Gasteiger partial charge is 0.330 e. The van der Waals surface area contributed by atoms with Crippen LogP contribution in [0.2, 0.25) is 43.8 Å². The topological polar surface area (TPSA) is 89.5 Å². The van der Waals surface area contributed by atoms with Crippen molar-refractivity contribution in [2.24, 2.45) is 5.92 Å². The van der Waals surface area contributed by atoms with Gasteiger partial charge < -0.3 is 28.1 Å². The van der Waals surface area contributed by atoms with Crippen LogP contribution in [0, 0.1) is 5.92 Å². The molecule has 0 aromatic rings. The van der Waals surface area contributed by atoms with Crippen molar-refractivity contribution in [1.82, 2.24) is 0 Å². The van der Waals surface area contributed by atoms with Gasteiger partial charge in [0.2, 0.25) is 0 Å². The number of esters is 1. The van der Waals surface area contributed by atoms with Crippen LogP contribution in [0.1, 0.15) is 100 Å². The first-order chi connectivity index (χ1) is 27.5. The summed E-state index contributed by atoms with van der Waals surface area (Å²) >= 11 is 0. The minimum absolute atomic E-state index is 0.0576. The molecule has 0 fully saturated rings. The Morgan fingerprint density at radius 1 is 0.831 bits per heavy atom. The molecule has 0 aliphatic rings. The number of carbonyl (C=O) groups is 2. The van der Waals surface area contributed by atoms with E-state index in [0.29, 0.717) is 19.3 Å². The van der Waals surface area contributed by atoms with Crippen molar-refractivity contribution in [2.45, 2.75) is 169 Å². The standard InChI is InChI=1S/C49H84O8Si2/c1-17-44(54-38-53-32-33-58(12,13)14)29-22-20-24-31-48(51)56-47(42(7)35-40(5)27-25-28-43(50)34-39(3)4)36-41(6)26-21-19-23-30-46(45(18-2)55-37-52-11)57-59(15,16)49(8,9)10/h17-19,21,24-27,31,34-35,42,44-47H,1-2,20,22-23,28-30,32-33,36-38H2,3-16H3/b21-19+,27-25+,31-24+,40-35+,41-26+/t42-,44+,45-,46-,47-/m1/s1. The molecule has 0 amide bonds. The van der Waals surface area contributed by atoms with E-state index >= 15 is 0 Å². The minimum Gasteiger partial charge on any atom is -0.458 e. The Bertz CT molecular complexity index is 1420. The molecule has 0 radical (unpaired) electrons. The Balaban J connectivity index is 5.76. The predicted molar refractivity (Wildman–Crippen MR) is 254 cm³/mol. The van der Waals surface area contributed by atoms with Crippen LogP contribution in [-0.4, -0.2) is 79.9 Å². The quantitative estimate of drug-likeness (QED) is 0.0126. The van der Waals surface area contributed by atoms with E-state index < -0.39 is 16.4 Å². The van der Waals surface area contributed by atoms with E-state index in [9.17, 15) is 9.59 Å². The van der Waals surface area contributed by atoms with Crippen molar-refractivity contribution in [3.63, 3.8) is 0 Å². The van der Waals surface area contributed by atoms with Crippen LogP contribution in [0.5, 0.6) is 0 Å². The van der Waals surface area contributed by atoms with Gasteiger partial charge in [0.1, 0.15) is 25.8 Å². The van der Waals surface area contributed by atoms with Gasteiger partial charge in [-0.2, -0.15) is 0 Å². The van der Waals surface area contributed by atoms with E-state index in [1.54, 1.807) is 19.3 Å². The van der Waals surface area contributed by atoms with Gasteiger partial charge in [0, 0.05) is 46.6 Å². The van der Waals surface area contributed by atoms with Gasteiger partial charge in [0.25, 0.3) is 0 Å². The Morgan fingerprint density at radius 2 is 1.53 bits per heavy atom. The van der Waals surface area contributed by atoms with E-state index in [4.69, 9.17) is 28.1 Å². The number of carbonyl (C=O) groups excluding carboxylic acids is 2. The van der Waals surface area contributed by atoms with Gasteiger partial charge in [0.15, 0.2) is 14.1 Å². The van der Waals surface area contributed by atoms with Crippen molar-refractivity contribution in [3.8, 4) is 0 Å². The average Bonchev–Trinajstić information content (AvgIpc) is 3.12. The highest BCUT2D eigenvalue weighted by Crippen LogP contribution is 2.38. The molecule has 10 heteroatoms. The first kappa shape index (κ1) is 56.3. The molecule has 0 saturated heterocycles. The maximum Gasteiger partial charge on any atom is 0.330 e. The highest BCUT2D eigenvalue weighted by atomic mass is 28.4. The SMILES string of the molecule is C=C[C@@H](CCC/C=C/C(=O)O[C@H](C/C(C)=C/C=C/CC[C@@H](O[Si](C)(C)C(C)(C)C)[C@@H](C=C)OCOC)[C@H](C)/C=C(C)/C=C/CC(=O)C=C(C)C)OCOCC[Si](C)(C)C. The normalized spacial score (nSPS) is 16.0. The maximum absolute atomic E-state index is 13.1. The molecule has 0 saturated carbocycles. The molecule has 0 aliphatic carbocycles. The van der Waals surface area contributed by atoms with Crippen LogP contribution in [0.3, 0.4) is 0 Å². The van der Waals surface area contributed by atoms with Crippen LogP contribution >= 0.6 is 0 Å². The summed E-state index contributed by atoms with van der Waals surface area (Å²) in [6.07, 6.45) is 24.8. The Labute approximate surface area is 363 Å². The molecule has 0 spiro atoms. The van der Waals surface area contributed by atoms with Gasteiger partial charge in [-0.05, 0) is 90.1 Å². The monoisotopic (exact) mass is 857 g/mol. The van der Waals surface area contributed by atoms with Crippen molar-refractivity contribution >= 4 is 28.1 Å². The molecular weight excluding hydrogens is 773 g/mol. The van der Waals surface area contributed by atoms with E-state index in [-0.39, 0.29) is 60.7 Å². The molecule has 0 heterocycles. The average molecular weight is 857 g/mol. The Hall–Kier alpha value is -2.71. The first-order valence-electron chi connectivity index (χ1n) is 21.5. The predicted octanol–water partition coefficient (Wildman–Crippen LogP) is 12.8. The van der Waals surface area contributed by atoms with Crippen LogP contribution < -0.4 is 0 Å². The van der Waals surface area contributed by atoms with Crippen molar-refractivity contribution < 1.29 is 37.7 Å². The Morgan fingerprint density at radius 3 is 2.12 bits per heavy atom. The molecule has 59 heavy (non-hydrogen) atoms. The summed E-state index contributed by atoms with van der Waals surface area (Å²) in [5.74, 6) is -0.373. The van der Waals surface area contributed by atoms with Gasteiger partial charge in [-0.25, -0.2) is 4.79 Å². The van der Waals surface area contributed by atoms with Gasteiger partial charge >= 0.3 is 5.97 Å². The lowest BCUT2D eigenvalue weighted by atomic mass is 9.95. The summed E-state index contributed by atoms with van der Waals surface area (Å²) < 4.78 is 35.6. The molecule has 0 N–H and O–H groups in total. The minimum atomic E-state index is -2.07. The molecule has 0 aromatic carbocycles. The summed E-state index contributed by atoms with van der Waals surface area (Å²) in [5, 5.41) is 0.0576. The molecule has 0 aromatic heterocycles. The van der Waals surface area contributed by atoms with E-state index in [2.05, 4.69) is 105 Å². The lowest BCUT2D eigenvalue weighted by Gasteiger charge is -2.40. The molecule has 336 valence electrons. The number of ketones is 1.